The van der Waals surface area contributed by atoms with Gasteiger partial charge < -0.3 is 0 Å². The zero-order valence-corrected chi connectivity index (χ0v) is 11.2. The number of nitrogens with zero attached hydrogens (tertiary/aromatic N) is 2. The minimum Gasteiger partial charge on any atom is -0.258 e. The third-order valence-corrected chi connectivity index (χ3v) is 5.09. The molecule has 3 rings (SSSR count). The predicted octanol–water partition coefficient (Wildman–Crippen LogP) is 4.19. The van der Waals surface area contributed by atoms with Crippen molar-refractivity contribution in [1.82, 2.24) is 0 Å². The number of rotatable bonds is 1. The molecule has 0 bridgehead atoms. The number of benzene rings is 1. The van der Waals surface area contributed by atoms with Crippen LogP contribution in [0.2, 0.25) is 0 Å². The molecule has 1 aliphatic rings. The van der Waals surface area contributed by atoms with Gasteiger partial charge in [-0.25, -0.2) is 0 Å². The molecule has 4 nitrogen and oxygen atoms in total. The molecular formula is C13H12N2O2S. The molecule has 0 aliphatic carbocycles. The number of hydrogen-bond donors (Lipinski definition) is 0. The Kier molecular flexibility index (Phi) is 2.13. The summed E-state index contributed by atoms with van der Waals surface area (Å²) in [6, 6.07) is 5.00. The van der Waals surface area contributed by atoms with E-state index in [2.05, 4.69) is 18.8 Å². The Balaban J connectivity index is 2.34. The van der Waals surface area contributed by atoms with Gasteiger partial charge in [0.25, 0.3) is 5.69 Å². The van der Waals surface area contributed by atoms with Crippen LogP contribution < -0.4 is 0 Å². The summed E-state index contributed by atoms with van der Waals surface area (Å²) >= 11 is 1.68. The fraction of sp³-hybridized carbons (Fsp3) is 0.308. The molecule has 0 saturated carbocycles. The van der Waals surface area contributed by atoms with Gasteiger partial charge in [-0.2, -0.15) is 0 Å². The predicted molar refractivity (Wildman–Crippen MR) is 74.3 cm³/mol. The van der Waals surface area contributed by atoms with Crippen LogP contribution in [-0.2, 0) is 5.41 Å². The molecule has 0 atom stereocenters. The van der Waals surface area contributed by atoms with Crippen LogP contribution in [0.3, 0.4) is 0 Å². The highest BCUT2D eigenvalue weighted by Crippen LogP contribution is 2.50. The summed E-state index contributed by atoms with van der Waals surface area (Å²) in [4.78, 5) is 16.3. The van der Waals surface area contributed by atoms with E-state index in [1.807, 2.05) is 13.0 Å². The molecule has 0 unspecified atom stereocenters. The molecule has 0 spiro atoms. The second kappa shape index (κ2) is 3.38. The lowest BCUT2D eigenvalue weighted by atomic mass is 9.88. The molecule has 1 aliphatic heterocycles. The number of thiophene rings is 1. The van der Waals surface area contributed by atoms with Crippen molar-refractivity contribution in [3.05, 3.63) is 33.2 Å². The van der Waals surface area contributed by atoms with Crippen LogP contribution in [0.25, 0.3) is 10.1 Å². The lowest BCUT2D eigenvalue weighted by Gasteiger charge is -2.17. The first kappa shape index (κ1) is 11.3. The number of non-ortho nitro benzene ring substituents is 1. The summed E-state index contributed by atoms with van der Waals surface area (Å²) in [6.07, 6.45) is 0. The first-order chi connectivity index (χ1) is 8.41. The average molecular weight is 260 g/mol. The average Bonchev–Trinajstić information content (AvgIpc) is 2.76. The Bertz CT molecular complexity index is 713. The van der Waals surface area contributed by atoms with E-state index in [1.165, 1.54) is 4.88 Å². The van der Waals surface area contributed by atoms with E-state index in [4.69, 9.17) is 0 Å². The van der Waals surface area contributed by atoms with Crippen molar-refractivity contribution in [2.24, 2.45) is 4.99 Å². The van der Waals surface area contributed by atoms with Crippen molar-refractivity contribution < 1.29 is 4.92 Å². The molecule has 0 saturated heterocycles. The molecule has 0 N–H and O–H groups in total. The normalized spacial score (nSPS) is 16.7. The van der Waals surface area contributed by atoms with Gasteiger partial charge in [0, 0.05) is 38.2 Å². The number of fused-ring (bicyclic) bond motifs is 3. The lowest BCUT2D eigenvalue weighted by molar-refractivity contribution is -0.384. The fourth-order valence-electron chi connectivity index (χ4n) is 2.19. The van der Waals surface area contributed by atoms with Gasteiger partial charge in [0.1, 0.15) is 0 Å². The molecular weight excluding hydrogens is 248 g/mol. The van der Waals surface area contributed by atoms with Crippen LogP contribution in [0, 0.1) is 10.1 Å². The van der Waals surface area contributed by atoms with E-state index < -0.39 is 0 Å². The highest BCUT2D eigenvalue weighted by molar-refractivity contribution is 7.20. The van der Waals surface area contributed by atoms with Crippen LogP contribution in [0.4, 0.5) is 11.4 Å². The number of aliphatic imine (C=N–C) groups is 1. The molecule has 0 radical (unpaired) electrons. The third-order valence-electron chi connectivity index (χ3n) is 3.61. The second-order valence-electron chi connectivity index (χ2n) is 5.04. The second-order valence-corrected chi connectivity index (χ2v) is 6.09. The van der Waals surface area contributed by atoms with Crippen molar-refractivity contribution in [2.75, 3.05) is 0 Å². The number of hydrogen-bond acceptors (Lipinski definition) is 4. The summed E-state index contributed by atoms with van der Waals surface area (Å²) < 4.78 is 1.06. The Hall–Kier alpha value is -1.75. The van der Waals surface area contributed by atoms with Crippen molar-refractivity contribution in [1.29, 1.82) is 0 Å². The van der Waals surface area contributed by atoms with Gasteiger partial charge in [0.05, 0.1) is 10.6 Å². The van der Waals surface area contributed by atoms with Gasteiger partial charge in [0.15, 0.2) is 0 Å². The van der Waals surface area contributed by atoms with Gasteiger partial charge >= 0.3 is 0 Å². The number of nitro groups is 1. The van der Waals surface area contributed by atoms with Crippen molar-refractivity contribution >= 4 is 38.5 Å². The summed E-state index contributed by atoms with van der Waals surface area (Å²) in [6.45, 7) is 6.29. The highest BCUT2D eigenvalue weighted by atomic mass is 32.1. The summed E-state index contributed by atoms with van der Waals surface area (Å²) in [5, 5.41) is 11.7. The molecule has 18 heavy (non-hydrogen) atoms. The maximum Gasteiger partial charge on any atom is 0.270 e. The van der Waals surface area contributed by atoms with E-state index in [0.29, 0.717) is 0 Å². The SMILES string of the molecule is CC1=Nc2c(sc3ccc([N+](=O)[O-])cc23)C1(C)C. The quantitative estimate of drug-likeness (QED) is 0.570. The largest absolute Gasteiger partial charge is 0.270 e. The Morgan fingerprint density at radius 3 is 2.78 bits per heavy atom. The van der Waals surface area contributed by atoms with E-state index in [1.54, 1.807) is 23.5 Å². The van der Waals surface area contributed by atoms with Gasteiger partial charge in [-0.05, 0) is 26.8 Å². The monoisotopic (exact) mass is 260 g/mol. The fourth-order valence-corrected chi connectivity index (χ4v) is 3.47. The summed E-state index contributed by atoms with van der Waals surface area (Å²) in [7, 11) is 0. The first-order valence-corrected chi connectivity index (χ1v) is 6.50. The Morgan fingerprint density at radius 2 is 2.11 bits per heavy atom. The lowest BCUT2D eigenvalue weighted by Crippen LogP contribution is -2.21. The molecule has 0 fully saturated rings. The third kappa shape index (κ3) is 1.34. The zero-order valence-electron chi connectivity index (χ0n) is 10.4. The minimum absolute atomic E-state index is 0.0617. The Morgan fingerprint density at radius 1 is 1.39 bits per heavy atom. The van der Waals surface area contributed by atoms with Crippen molar-refractivity contribution in [3.63, 3.8) is 0 Å². The van der Waals surface area contributed by atoms with E-state index in [-0.39, 0.29) is 16.0 Å². The van der Waals surface area contributed by atoms with Crippen LogP contribution in [0.1, 0.15) is 25.6 Å². The topological polar surface area (TPSA) is 55.5 Å². The van der Waals surface area contributed by atoms with Crippen LogP contribution in [-0.4, -0.2) is 10.6 Å². The van der Waals surface area contributed by atoms with Gasteiger partial charge in [-0.3, -0.25) is 15.1 Å². The van der Waals surface area contributed by atoms with E-state index in [0.717, 1.165) is 21.5 Å². The zero-order chi connectivity index (χ0) is 13.1. The van der Waals surface area contributed by atoms with Crippen molar-refractivity contribution in [3.8, 4) is 0 Å². The van der Waals surface area contributed by atoms with Gasteiger partial charge in [0.2, 0.25) is 0 Å². The summed E-state index contributed by atoms with van der Waals surface area (Å²) in [5.41, 5.74) is 2.05. The maximum atomic E-state index is 10.8. The number of nitro benzene ring substituents is 1. The molecule has 1 aromatic carbocycles. The van der Waals surface area contributed by atoms with Crippen molar-refractivity contribution in [2.45, 2.75) is 26.2 Å². The van der Waals surface area contributed by atoms with Crippen LogP contribution >= 0.6 is 11.3 Å². The minimum atomic E-state index is -0.361. The highest BCUT2D eigenvalue weighted by Gasteiger charge is 2.35. The first-order valence-electron chi connectivity index (χ1n) is 5.68. The van der Waals surface area contributed by atoms with Crippen LogP contribution in [0.5, 0.6) is 0 Å². The summed E-state index contributed by atoms with van der Waals surface area (Å²) in [5.74, 6) is 0. The Labute approximate surface area is 108 Å². The van der Waals surface area contributed by atoms with E-state index in [9.17, 15) is 10.1 Å². The maximum absolute atomic E-state index is 10.8. The van der Waals surface area contributed by atoms with E-state index >= 15 is 0 Å². The standard InChI is InChI=1S/C13H12N2O2S/c1-7-13(2,3)12-11(14-7)9-6-8(15(16)17)4-5-10(9)18-12/h4-6H,1-3H3. The molecule has 92 valence electrons. The molecule has 0 amide bonds. The smallest absolute Gasteiger partial charge is 0.258 e. The molecule has 5 heteroatoms. The van der Waals surface area contributed by atoms with Gasteiger partial charge in [-0.1, -0.05) is 0 Å². The van der Waals surface area contributed by atoms with Gasteiger partial charge in [-0.15, -0.1) is 11.3 Å². The van der Waals surface area contributed by atoms with Crippen LogP contribution in [0.15, 0.2) is 23.2 Å². The molecule has 2 heterocycles. The molecule has 2 aromatic rings. The molecule has 1 aromatic heterocycles.